The largest absolute Gasteiger partial charge is 0.379 e. The second-order valence-corrected chi connectivity index (χ2v) is 8.29. The lowest BCUT2D eigenvalue weighted by Gasteiger charge is -2.41. The lowest BCUT2D eigenvalue weighted by Crippen LogP contribution is -2.56. The molecule has 7 nitrogen and oxygen atoms in total. The third-order valence-corrected chi connectivity index (χ3v) is 5.76. The molecule has 2 heterocycles. The molecule has 1 aromatic carbocycles. The maximum absolute atomic E-state index is 12.7. The Labute approximate surface area is 174 Å². The van der Waals surface area contributed by atoms with Crippen molar-refractivity contribution >= 4 is 11.9 Å². The number of hydrogen-bond donors (Lipinski definition) is 2. The van der Waals surface area contributed by atoms with E-state index in [-0.39, 0.29) is 18.0 Å². The van der Waals surface area contributed by atoms with Crippen molar-refractivity contribution in [2.75, 3.05) is 52.5 Å². The highest BCUT2D eigenvalue weighted by molar-refractivity contribution is 5.85. The van der Waals surface area contributed by atoms with Gasteiger partial charge in [-0.05, 0) is 38.3 Å². The molecule has 0 aromatic heterocycles. The number of nitrogens with one attached hydrogen (secondary N) is 2. The molecular weight excluding hydrogens is 366 g/mol. The van der Waals surface area contributed by atoms with Crippen LogP contribution >= 0.6 is 0 Å². The minimum atomic E-state index is -0.0133. The standard InChI is InChI=1S/C22H35N5O2/c1-4-23-21(25-17-22(2,3)27-11-13-29-14-12-27)24-15-20(28)26-10-9-18-7-5-6-8-19(18)16-26/h5-8H,4,9-17H2,1-3H3,(H2,23,24,25). The summed E-state index contributed by atoms with van der Waals surface area (Å²) in [6.45, 7) is 13.1. The van der Waals surface area contributed by atoms with Gasteiger partial charge in [0.15, 0.2) is 5.96 Å². The van der Waals surface area contributed by atoms with Gasteiger partial charge in [0, 0.05) is 44.8 Å². The van der Waals surface area contributed by atoms with E-state index in [0.29, 0.717) is 12.5 Å². The molecule has 2 aliphatic rings. The molecular formula is C22H35N5O2. The first-order chi connectivity index (χ1) is 14.0. The average molecular weight is 402 g/mol. The molecule has 29 heavy (non-hydrogen) atoms. The molecule has 0 saturated carbocycles. The lowest BCUT2D eigenvalue weighted by atomic mass is 10.00. The molecule has 1 saturated heterocycles. The molecule has 1 amide bonds. The molecule has 1 fully saturated rings. The zero-order valence-corrected chi connectivity index (χ0v) is 18.0. The Balaban J connectivity index is 1.54. The Bertz CT molecular complexity index is 713. The fourth-order valence-corrected chi connectivity index (χ4v) is 3.88. The zero-order valence-electron chi connectivity index (χ0n) is 18.0. The molecule has 1 aromatic rings. The normalized spacial score (nSPS) is 18.3. The van der Waals surface area contributed by atoms with Crippen molar-refractivity contribution in [3.05, 3.63) is 35.4 Å². The number of ether oxygens (including phenoxy) is 1. The zero-order chi connectivity index (χ0) is 20.7. The number of fused-ring (bicyclic) bond motifs is 1. The summed E-state index contributed by atoms with van der Waals surface area (Å²) >= 11 is 0. The molecule has 0 spiro atoms. The van der Waals surface area contributed by atoms with Crippen LogP contribution in [0.3, 0.4) is 0 Å². The number of amides is 1. The second-order valence-electron chi connectivity index (χ2n) is 8.29. The van der Waals surface area contributed by atoms with Crippen molar-refractivity contribution < 1.29 is 9.53 Å². The van der Waals surface area contributed by atoms with Gasteiger partial charge in [0.2, 0.25) is 5.91 Å². The summed E-state index contributed by atoms with van der Waals surface area (Å²) < 4.78 is 5.46. The van der Waals surface area contributed by atoms with Crippen molar-refractivity contribution in [3.63, 3.8) is 0 Å². The number of morpholine rings is 1. The van der Waals surface area contributed by atoms with Crippen LogP contribution in [0.25, 0.3) is 0 Å². The average Bonchev–Trinajstić information content (AvgIpc) is 2.75. The van der Waals surface area contributed by atoms with Gasteiger partial charge < -0.3 is 20.3 Å². The maximum atomic E-state index is 12.7. The number of hydrogen-bond acceptors (Lipinski definition) is 4. The summed E-state index contributed by atoms with van der Waals surface area (Å²) in [6.07, 6.45) is 0.914. The number of rotatable bonds is 6. The van der Waals surface area contributed by atoms with Crippen molar-refractivity contribution in [3.8, 4) is 0 Å². The van der Waals surface area contributed by atoms with Crippen LogP contribution in [0.1, 0.15) is 31.9 Å². The van der Waals surface area contributed by atoms with Crippen molar-refractivity contribution in [2.24, 2.45) is 4.99 Å². The van der Waals surface area contributed by atoms with Gasteiger partial charge in [-0.1, -0.05) is 24.3 Å². The Morgan fingerprint density at radius 1 is 1.14 bits per heavy atom. The minimum Gasteiger partial charge on any atom is -0.379 e. The van der Waals surface area contributed by atoms with Gasteiger partial charge in [-0.15, -0.1) is 0 Å². The number of carbonyl (C=O) groups is 1. The molecule has 0 unspecified atom stereocenters. The highest BCUT2D eigenvalue weighted by atomic mass is 16.5. The molecule has 0 radical (unpaired) electrons. The molecule has 7 heteroatoms. The first-order valence-electron chi connectivity index (χ1n) is 10.7. The second kappa shape index (κ2) is 10.1. The Morgan fingerprint density at radius 3 is 2.59 bits per heavy atom. The number of guanidine groups is 1. The van der Waals surface area contributed by atoms with E-state index in [2.05, 4.69) is 52.6 Å². The highest BCUT2D eigenvalue weighted by Crippen LogP contribution is 2.18. The van der Waals surface area contributed by atoms with Gasteiger partial charge in [0.1, 0.15) is 6.54 Å². The molecule has 0 bridgehead atoms. The van der Waals surface area contributed by atoms with Crippen LogP contribution in [0.5, 0.6) is 0 Å². The fourth-order valence-electron chi connectivity index (χ4n) is 3.88. The van der Waals surface area contributed by atoms with Gasteiger partial charge in [-0.3, -0.25) is 9.69 Å². The third kappa shape index (κ3) is 5.93. The van der Waals surface area contributed by atoms with E-state index < -0.39 is 0 Å². The molecule has 2 aliphatic heterocycles. The van der Waals surface area contributed by atoms with E-state index in [9.17, 15) is 4.79 Å². The summed E-state index contributed by atoms with van der Waals surface area (Å²) in [5.41, 5.74) is 2.58. The van der Waals surface area contributed by atoms with Crippen molar-refractivity contribution in [1.82, 2.24) is 20.4 Å². The summed E-state index contributed by atoms with van der Waals surface area (Å²) in [6, 6.07) is 8.36. The first kappa shape index (κ1) is 21.6. The van der Waals surface area contributed by atoms with Crippen molar-refractivity contribution in [2.45, 2.75) is 39.3 Å². The van der Waals surface area contributed by atoms with Gasteiger partial charge in [0.05, 0.1) is 13.2 Å². The van der Waals surface area contributed by atoms with Crippen LogP contribution in [-0.4, -0.2) is 79.7 Å². The first-order valence-corrected chi connectivity index (χ1v) is 10.7. The molecule has 3 rings (SSSR count). The van der Waals surface area contributed by atoms with Crippen molar-refractivity contribution in [1.29, 1.82) is 0 Å². The van der Waals surface area contributed by atoms with Crippen LogP contribution in [0, 0.1) is 0 Å². The summed E-state index contributed by atoms with van der Waals surface area (Å²) in [7, 11) is 0. The fraction of sp³-hybridized carbons (Fsp3) is 0.636. The number of nitrogens with zero attached hydrogens (tertiary/aromatic N) is 3. The van der Waals surface area contributed by atoms with Crippen LogP contribution in [0.2, 0.25) is 0 Å². The van der Waals surface area contributed by atoms with Crippen LogP contribution in [0.4, 0.5) is 0 Å². The third-order valence-electron chi connectivity index (χ3n) is 5.76. The summed E-state index contributed by atoms with van der Waals surface area (Å²) in [5.74, 6) is 0.767. The van der Waals surface area contributed by atoms with Crippen LogP contribution in [-0.2, 0) is 22.5 Å². The highest BCUT2D eigenvalue weighted by Gasteiger charge is 2.28. The van der Waals surface area contributed by atoms with Gasteiger partial charge in [-0.25, -0.2) is 4.99 Å². The Kier molecular flexibility index (Phi) is 7.50. The van der Waals surface area contributed by atoms with E-state index in [1.54, 1.807) is 0 Å². The van der Waals surface area contributed by atoms with E-state index in [1.807, 2.05) is 17.9 Å². The Morgan fingerprint density at radius 2 is 1.86 bits per heavy atom. The monoisotopic (exact) mass is 401 g/mol. The topological polar surface area (TPSA) is 69.2 Å². The van der Waals surface area contributed by atoms with Gasteiger partial charge in [-0.2, -0.15) is 0 Å². The molecule has 160 valence electrons. The summed E-state index contributed by atoms with van der Waals surface area (Å²) in [5, 5.41) is 6.67. The maximum Gasteiger partial charge on any atom is 0.244 e. The predicted molar refractivity (Wildman–Crippen MR) is 116 cm³/mol. The number of carbonyl (C=O) groups excluding carboxylic acids is 1. The predicted octanol–water partition coefficient (Wildman–Crippen LogP) is 1.24. The van der Waals surface area contributed by atoms with Gasteiger partial charge in [0.25, 0.3) is 0 Å². The van der Waals surface area contributed by atoms with E-state index in [0.717, 1.165) is 52.4 Å². The molecule has 0 aliphatic carbocycles. The van der Waals surface area contributed by atoms with Crippen LogP contribution < -0.4 is 10.6 Å². The smallest absolute Gasteiger partial charge is 0.244 e. The van der Waals surface area contributed by atoms with Gasteiger partial charge >= 0.3 is 0 Å². The Hall–Kier alpha value is -2.12. The lowest BCUT2D eigenvalue weighted by molar-refractivity contribution is -0.130. The summed E-state index contributed by atoms with van der Waals surface area (Å²) in [4.78, 5) is 21.6. The van der Waals surface area contributed by atoms with E-state index in [1.165, 1.54) is 11.1 Å². The quantitative estimate of drug-likeness (QED) is 0.554. The number of aliphatic imine (C=N–C) groups is 1. The SMILES string of the molecule is CCNC(=NCC(=O)N1CCc2ccccc2C1)NCC(C)(C)N1CCOCC1. The van der Waals surface area contributed by atoms with E-state index in [4.69, 9.17) is 4.74 Å². The van der Waals surface area contributed by atoms with E-state index >= 15 is 0 Å². The van der Waals surface area contributed by atoms with Crippen LogP contribution in [0.15, 0.2) is 29.3 Å². The number of benzene rings is 1. The molecule has 0 atom stereocenters. The minimum absolute atomic E-state index is 0.0133. The molecule has 2 N–H and O–H groups in total.